The summed E-state index contributed by atoms with van der Waals surface area (Å²) in [5.74, 6) is 0.700. The molecule has 4 heteroatoms. The van der Waals surface area contributed by atoms with Gasteiger partial charge in [0.15, 0.2) is 0 Å². The second kappa shape index (κ2) is 5.94. The summed E-state index contributed by atoms with van der Waals surface area (Å²) in [5.41, 5.74) is 7.70. The molecule has 0 spiro atoms. The quantitative estimate of drug-likeness (QED) is 0.877. The van der Waals surface area contributed by atoms with Gasteiger partial charge in [0.1, 0.15) is 6.04 Å². The number of hydrazine groups is 1. The lowest BCUT2D eigenvalue weighted by molar-refractivity contribution is -0.134. The van der Waals surface area contributed by atoms with E-state index in [2.05, 4.69) is 29.9 Å². The molecule has 3 rings (SSSR count). The Morgan fingerprint density at radius 3 is 2.80 bits per heavy atom. The molecule has 1 aromatic carbocycles. The summed E-state index contributed by atoms with van der Waals surface area (Å²) in [6, 6.07) is 10.6. The van der Waals surface area contributed by atoms with Crippen LogP contribution in [0.25, 0.3) is 0 Å². The topological polar surface area (TPSA) is 44.4 Å². The number of carbonyl (C=O) groups is 1. The number of benzene rings is 1. The van der Waals surface area contributed by atoms with Gasteiger partial charge in [0.05, 0.1) is 0 Å². The highest BCUT2D eigenvalue weighted by atomic mass is 16.2. The molecule has 1 amide bonds. The predicted molar refractivity (Wildman–Crippen MR) is 78.7 cm³/mol. The highest BCUT2D eigenvalue weighted by Gasteiger charge is 2.43. The predicted octanol–water partition coefficient (Wildman–Crippen LogP) is 1.68. The number of fused-ring (bicyclic) bond motifs is 1. The van der Waals surface area contributed by atoms with E-state index in [0.717, 1.165) is 13.0 Å². The molecule has 1 saturated heterocycles. The van der Waals surface area contributed by atoms with Gasteiger partial charge < -0.3 is 4.90 Å². The van der Waals surface area contributed by atoms with Crippen LogP contribution in [0, 0.1) is 5.92 Å². The Kier molecular flexibility index (Phi) is 4.03. The molecular weight excluding hydrogens is 250 g/mol. The van der Waals surface area contributed by atoms with Gasteiger partial charge in [-0.15, -0.1) is 0 Å². The van der Waals surface area contributed by atoms with Crippen molar-refractivity contribution in [3.63, 3.8) is 0 Å². The maximum atomic E-state index is 12.7. The van der Waals surface area contributed by atoms with Crippen LogP contribution in [-0.4, -0.2) is 29.4 Å². The van der Waals surface area contributed by atoms with E-state index in [4.69, 9.17) is 0 Å². The Balaban J connectivity index is 1.68. The molecule has 1 aromatic rings. The van der Waals surface area contributed by atoms with Crippen molar-refractivity contribution < 1.29 is 4.79 Å². The van der Waals surface area contributed by atoms with E-state index in [1.807, 2.05) is 23.1 Å². The number of nitrogens with zero attached hydrogens (tertiary/aromatic N) is 1. The lowest BCUT2D eigenvalue weighted by Crippen LogP contribution is -2.47. The van der Waals surface area contributed by atoms with Crippen molar-refractivity contribution in [1.82, 2.24) is 15.8 Å². The van der Waals surface area contributed by atoms with Crippen molar-refractivity contribution in [2.45, 2.75) is 44.8 Å². The fourth-order valence-corrected chi connectivity index (χ4v) is 3.46. The standard InChI is InChI=1S/C16H23N3O/c1-2-19(11-12-7-4-3-5-8-12)16(20)15-13-9-6-10-14(13)17-18-15/h3-5,7-8,13-15,17-18H,2,6,9-11H2,1H3. The van der Waals surface area contributed by atoms with Crippen molar-refractivity contribution in [1.29, 1.82) is 0 Å². The lowest BCUT2D eigenvalue weighted by Gasteiger charge is -2.26. The first-order valence-electron chi connectivity index (χ1n) is 7.63. The molecule has 3 atom stereocenters. The van der Waals surface area contributed by atoms with Gasteiger partial charge in [0.2, 0.25) is 5.91 Å². The average molecular weight is 273 g/mol. The minimum absolute atomic E-state index is 0.0498. The third kappa shape index (κ3) is 2.58. The third-order valence-electron chi connectivity index (χ3n) is 4.60. The van der Waals surface area contributed by atoms with Gasteiger partial charge in [-0.2, -0.15) is 0 Å². The van der Waals surface area contributed by atoms with E-state index in [0.29, 0.717) is 18.5 Å². The number of hydrogen-bond acceptors (Lipinski definition) is 3. The smallest absolute Gasteiger partial charge is 0.241 e. The molecule has 2 N–H and O–H groups in total. The maximum absolute atomic E-state index is 12.7. The molecule has 1 saturated carbocycles. The summed E-state index contributed by atoms with van der Waals surface area (Å²) in [5, 5.41) is 0. The number of amides is 1. The van der Waals surface area contributed by atoms with Gasteiger partial charge in [-0.25, -0.2) is 5.43 Å². The molecule has 1 heterocycles. The molecular formula is C16H23N3O. The Morgan fingerprint density at radius 2 is 2.05 bits per heavy atom. The number of carbonyl (C=O) groups excluding carboxylic acids is 1. The van der Waals surface area contributed by atoms with E-state index in [1.165, 1.54) is 18.4 Å². The van der Waals surface area contributed by atoms with Gasteiger partial charge in [-0.1, -0.05) is 36.8 Å². The zero-order valence-corrected chi connectivity index (χ0v) is 12.0. The van der Waals surface area contributed by atoms with Crippen molar-refractivity contribution in [2.75, 3.05) is 6.54 Å². The first-order chi connectivity index (χ1) is 9.79. The normalized spacial score (nSPS) is 28.4. The van der Waals surface area contributed by atoms with Gasteiger partial charge in [0.25, 0.3) is 0 Å². The highest BCUT2D eigenvalue weighted by Crippen LogP contribution is 2.32. The molecule has 4 nitrogen and oxygen atoms in total. The summed E-state index contributed by atoms with van der Waals surface area (Å²) in [6.45, 7) is 3.50. The monoisotopic (exact) mass is 273 g/mol. The zero-order chi connectivity index (χ0) is 13.9. The summed E-state index contributed by atoms with van der Waals surface area (Å²) >= 11 is 0. The van der Waals surface area contributed by atoms with Crippen molar-refractivity contribution in [3.8, 4) is 0 Å². The molecule has 1 aliphatic carbocycles. The number of hydrogen-bond donors (Lipinski definition) is 2. The molecule has 20 heavy (non-hydrogen) atoms. The maximum Gasteiger partial charge on any atom is 0.241 e. The van der Waals surface area contributed by atoms with E-state index in [9.17, 15) is 4.79 Å². The average Bonchev–Trinajstić information content (AvgIpc) is 3.08. The van der Waals surface area contributed by atoms with Crippen LogP contribution in [0.4, 0.5) is 0 Å². The summed E-state index contributed by atoms with van der Waals surface area (Å²) in [6.07, 6.45) is 3.58. The first-order valence-corrected chi connectivity index (χ1v) is 7.63. The molecule has 108 valence electrons. The second-order valence-electron chi connectivity index (χ2n) is 5.81. The number of likely N-dealkylation sites (N-methyl/N-ethyl adjacent to an activating group) is 1. The number of nitrogens with one attached hydrogen (secondary N) is 2. The summed E-state index contributed by atoms with van der Waals surface area (Å²) in [4.78, 5) is 14.7. The van der Waals surface area contributed by atoms with E-state index < -0.39 is 0 Å². The molecule has 0 aromatic heterocycles. The second-order valence-corrected chi connectivity index (χ2v) is 5.81. The molecule has 3 unspecified atom stereocenters. The van der Waals surface area contributed by atoms with Crippen LogP contribution >= 0.6 is 0 Å². The van der Waals surface area contributed by atoms with Crippen LogP contribution in [-0.2, 0) is 11.3 Å². The highest BCUT2D eigenvalue weighted by molar-refractivity contribution is 5.82. The molecule has 2 fully saturated rings. The Bertz CT molecular complexity index is 462. The van der Waals surface area contributed by atoms with Gasteiger partial charge >= 0.3 is 0 Å². The minimum atomic E-state index is -0.0498. The van der Waals surface area contributed by atoms with E-state index >= 15 is 0 Å². The Hall–Kier alpha value is -1.39. The van der Waals surface area contributed by atoms with Crippen LogP contribution in [0.5, 0.6) is 0 Å². The largest absolute Gasteiger partial charge is 0.337 e. The van der Waals surface area contributed by atoms with E-state index in [-0.39, 0.29) is 11.9 Å². The summed E-state index contributed by atoms with van der Waals surface area (Å²) in [7, 11) is 0. The first kappa shape index (κ1) is 13.6. The van der Waals surface area contributed by atoms with Crippen LogP contribution in [0.1, 0.15) is 31.7 Å². The minimum Gasteiger partial charge on any atom is -0.337 e. The molecule has 1 aliphatic heterocycles. The molecule has 2 aliphatic rings. The van der Waals surface area contributed by atoms with Gasteiger partial charge in [-0.3, -0.25) is 10.2 Å². The van der Waals surface area contributed by atoms with Crippen LogP contribution in [0.3, 0.4) is 0 Å². The lowest BCUT2D eigenvalue weighted by atomic mass is 9.96. The Morgan fingerprint density at radius 1 is 1.25 bits per heavy atom. The summed E-state index contributed by atoms with van der Waals surface area (Å²) < 4.78 is 0. The number of rotatable bonds is 4. The molecule has 0 radical (unpaired) electrons. The van der Waals surface area contributed by atoms with Crippen molar-refractivity contribution >= 4 is 5.91 Å². The fourth-order valence-electron chi connectivity index (χ4n) is 3.46. The van der Waals surface area contributed by atoms with Gasteiger partial charge in [0, 0.05) is 25.0 Å². The van der Waals surface area contributed by atoms with Crippen molar-refractivity contribution in [2.24, 2.45) is 5.92 Å². The third-order valence-corrected chi connectivity index (χ3v) is 4.60. The zero-order valence-electron chi connectivity index (χ0n) is 12.0. The Labute approximate surface area is 120 Å². The van der Waals surface area contributed by atoms with Crippen LogP contribution in [0.2, 0.25) is 0 Å². The van der Waals surface area contributed by atoms with E-state index in [1.54, 1.807) is 0 Å². The van der Waals surface area contributed by atoms with Crippen LogP contribution in [0.15, 0.2) is 30.3 Å². The SMILES string of the molecule is CCN(Cc1ccccc1)C(=O)C1NNC2CCCC21. The van der Waals surface area contributed by atoms with Crippen molar-refractivity contribution in [3.05, 3.63) is 35.9 Å². The fraction of sp³-hybridized carbons (Fsp3) is 0.562. The van der Waals surface area contributed by atoms with Gasteiger partial charge in [-0.05, 0) is 25.3 Å². The van der Waals surface area contributed by atoms with Crippen LogP contribution < -0.4 is 10.9 Å². The molecule has 0 bridgehead atoms.